The van der Waals surface area contributed by atoms with Gasteiger partial charge in [-0.1, -0.05) is 25.5 Å². The van der Waals surface area contributed by atoms with Crippen LogP contribution >= 0.6 is 0 Å². The Hall–Kier alpha value is -2.82. The van der Waals surface area contributed by atoms with Crippen LogP contribution in [0.15, 0.2) is 48.5 Å². The summed E-state index contributed by atoms with van der Waals surface area (Å²) in [6, 6.07) is 15.1. The summed E-state index contributed by atoms with van der Waals surface area (Å²) < 4.78 is 12.4. The van der Waals surface area contributed by atoms with Gasteiger partial charge in [-0.3, -0.25) is 0 Å². The summed E-state index contributed by atoms with van der Waals surface area (Å²) in [6.07, 6.45) is 1.88. The molecule has 0 unspecified atom stereocenters. The van der Waals surface area contributed by atoms with Crippen LogP contribution in [0.3, 0.4) is 0 Å². The lowest BCUT2D eigenvalue weighted by Gasteiger charge is -2.06. The molecule has 3 aromatic rings. The minimum absolute atomic E-state index is 0.294. The number of rotatable bonds is 6. The average Bonchev–Trinajstić information content (AvgIpc) is 3.01. The quantitative estimate of drug-likeness (QED) is 0.508. The number of carbonyl (C=O) groups is 1. The number of unbranched alkanes of at least 4 members (excludes halogenated alkanes) is 1. The third-order valence-electron chi connectivity index (χ3n) is 3.83. The highest BCUT2D eigenvalue weighted by atomic mass is 16.5. The number of esters is 1. The molecule has 0 aliphatic carbocycles. The number of methoxy groups -OCH3 is 1. The highest BCUT2D eigenvalue weighted by Gasteiger charge is 2.12. The standard InChI is InChI=1S/C19H20N2O3/c1-3-4-13-24-19(22)14-9-11-15(12-10-14)21-17-8-6-5-7-16(17)18(20-21)23-2/h5-12H,3-4,13H2,1-2H3. The number of ether oxygens (including phenoxy) is 2. The Morgan fingerprint density at radius 3 is 2.58 bits per heavy atom. The molecule has 0 saturated heterocycles. The van der Waals surface area contributed by atoms with Crippen LogP contribution in [0.2, 0.25) is 0 Å². The number of aromatic nitrogens is 2. The van der Waals surface area contributed by atoms with Gasteiger partial charge in [-0.05, 0) is 42.8 Å². The van der Waals surface area contributed by atoms with Crippen molar-refractivity contribution in [2.75, 3.05) is 13.7 Å². The van der Waals surface area contributed by atoms with Crippen molar-refractivity contribution in [3.05, 3.63) is 54.1 Å². The molecule has 2 aromatic carbocycles. The molecule has 3 rings (SSSR count). The minimum atomic E-state index is -0.294. The lowest BCUT2D eigenvalue weighted by atomic mass is 10.2. The van der Waals surface area contributed by atoms with E-state index >= 15 is 0 Å². The summed E-state index contributed by atoms with van der Waals surface area (Å²) in [5.74, 6) is 0.284. The molecule has 124 valence electrons. The highest BCUT2D eigenvalue weighted by Crippen LogP contribution is 2.27. The predicted octanol–water partition coefficient (Wildman–Crippen LogP) is 3.99. The number of carbonyl (C=O) groups excluding carboxylic acids is 1. The Kier molecular flexibility index (Phi) is 4.79. The fourth-order valence-corrected chi connectivity index (χ4v) is 2.52. The van der Waals surface area contributed by atoms with Crippen LogP contribution in [0, 0.1) is 0 Å². The summed E-state index contributed by atoms with van der Waals surface area (Å²) in [4.78, 5) is 12.0. The monoisotopic (exact) mass is 324 g/mol. The van der Waals surface area contributed by atoms with Gasteiger partial charge in [0.1, 0.15) is 0 Å². The molecule has 0 saturated carbocycles. The third kappa shape index (κ3) is 3.11. The lowest BCUT2D eigenvalue weighted by molar-refractivity contribution is 0.0500. The first-order valence-corrected chi connectivity index (χ1v) is 8.04. The Bertz CT molecular complexity index is 837. The summed E-state index contributed by atoms with van der Waals surface area (Å²) in [5, 5.41) is 5.44. The van der Waals surface area contributed by atoms with Crippen LogP contribution in [-0.4, -0.2) is 29.5 Å². The van der Waals surface area contributed by atoms with Crippen molar-refractivity contribution >= 4 is 16.9 Å². The smallest absolute Gasteiger partial charge is 0.338 e. The van der Waals surface area contributed by atoms with Crippen LogP contribution in [0.4, 0.5) is 0 Å². The molecule has 0 spiro atoms. The molecule has 5 nitrogen and oxygen atoms in total. The Morgan fingerprint density at radius 2 is 1.88 bits per heavy atom. The van der Waals surface area contributed by atoms with Gasteiger partial charge in [-0.15, -0.1) is 5.10 Å². The normalized spacial score (nSPS) is 10.8. The second kappa shape index (κ2) is 7.17. The van der Waals surface area contributed by atoms with E-state index in [1.54, 1.807) is 23.9 Å². The summed E-state index contributed by atoms with van der Waals surface area (Å²) in [6.45, 7) is 2.52. The van der Waals surface area contributed by atoms with Gasteiger partial charge >= 0.3 is 5.97 Å². The summed E-state index contributed by atoms with van der Waals surface area (Å²) >= 11 is 0. The van der Waals surface area contributed by atoms with Gasteiger partial charge in [0.15, 0.2) is 0 Å². The van der Waals surface area contributed by atoms with Gasteiger partial charge in [0.25, 0.3) is 0 Å². The maximum atomic E-state index is 12.0. The van der Waals surface area contributed by atoms with Gasteiger partial charge in [-0.25, -0.2) is 9.48 Å². The molecule has 1 aromatic heterocycles. The van der Waals surface area contributed by atoms with Crippen molar-refractivity contribution in [1.82, 2.24) is 9.78 Å². The number of para-hydroxylation sites is 1. The second-order valence-electron chi connectivity index (χ2n) is 5.47. The average molecular weight is 324 g/mol. The number of benzene rings is 2. The van der Waals surface area contributed by atoms with Crippen molar-refractivity contribution < 1.29 is 14.3 Å². The maximum Gasteiger partial charge on any atom is 0.338 e. The topological polar surface area (TPSA) is 53.4 Å². The molecule has 0 radical (unpaired) electrons. The van der Waals surface area contributed by atoms with E-state index < -0.39 is 0 Å². The van der Waals surface area contributed by atoms with Crippen LogP contribution in [0.1, 0.15) is 30.1 Å². The molecule has 0 aliphatic rings. The SMILES string of the molecule is CCCCOC(=O)c1ccc(-n2nc(OC)c3ccccc32)cc1. The van der Waals surface area contributed by atoms with E-state index in [1.165, 1.54) is 0 Å². The van der Waals surface area contributed by atoms with Gasteiger partial charge in [0.05, 0.1) is 35.9 Å². The van der Waals surface area contributed by atoms with Crippen molar-refractivity contribution in [3.63, 3.8) is 0 Å². The zero-order chi connectivity index (χ0) is 16.9. The second-order valence-corrected chi connectivity index (χ2v) is 5.47. The fraction of sp³-hybridized carbons (Fsp3) is 0.263. The van der Waals surface area contributed by atoms with Crippen LogP contribution < -0.4 is 4.74 Å². The van der Waals surface area contributed by atoms with Gasteiger partial charge in [0.2, 0.25) is 5.88 Å². The van der Waals surface area contributed by atoms with Crippen molar-refractivity contribution in [1.29, 1.82) is 0 Å². The number of nitrogens with zero attached hydrogens (tertiary/aromatic N) is 2. The minimum Gasteiger partial charge on any atom is -0.479 e. The number of fused-ring (bicyclic) bond motifs is 1. The lowest BCUT2D eigenvalue weighted by Crippen LogP contribution is -2.06. The van der Waals surface area contributed by atoms with Crippen LogP contribution in [-0.2, 0) is 4.74 Å². The fourth-order valence-electron chi connectivity index (χ4n) is 2.52. The van der Waals surface area contributed by atoms with E-state index in [0.717, 1.165) is 29.4 Å². The largest absolute Gasteiger partial charge is 0.479 e. The Labute approximate surface area is 140 Å². The van der Waals surface area contributed by atoms with E-state index in [4.69, 9.17) is 9.47 Å². The molecule has 0 aliphatic heterocycles. The molecular weight excluding hydrogens is 304 g/mol. The van der Waals surface area contributed by atoms with E-state index in [1.807, 2.05) is 36.4 Å². The number of hydrogen-bond donors (Lipinski definition) is 0. The summed E-state index contributed by atoms with van der Waals surface area (Å²) in [5.41, 5.74) is 2.35. The number of hydrogen-bond acceptors (Lipinski definition) is 4. The summed E-state index contributed by atoms with van der Waals surface area (Å²) in [7, 11) is 1.61. The third-order valence-corrected chi connectivity index (χ3v) is 3.83. The molecule has 0 amide bonds. The molecule has 24 heavy (non-hydrogen) atoms. The first-order chi connectivity index (χ1) is 11.7. The van der Waals surface area contributed by atoms with E-state index in [-0.39, 0.29) is 5.97 Å². The van der Waals surface area contributed by atoms with E-state index in [9.17, 15) is 4.79 Å². The van der Waals surface area contributed by atoms with Crippen molar-refractivity contribution in [3.8, 4) is 11.6 Å². The van der Waals surface area contributed by atoms with E-state index in [2.05, 4.69) is 12.0 Å². The van der Waals surface area contributed by atoms with Crippen LogP contribution in [0.5, 0.6) is 5.88 Å². The maximum absolute atomic E-state index is 12.0. The zero-order valence-electron chi connectivity index (χ0n) is 13.9. The molecule has 5 heteroatoms. The van der Waals surface area contributed by atoms with Crippen molar-refractivity contribution in [2.24, 2.45) is 0 Å². The Balaban J connectivity index is 1.87. The zero-order valence-corrected chi connectivity index (χ0v) is 13.9. The van der Waals surface area contributed by atoms with Gasteiger partial charge in [0, 0.05) is 0 Å². The molecule has 0 N–H and O–H groups in total. The first-order valence-electron chi connectivity index (χ1n) is 8.04. The molecule has 0 atom stereocenters. The molecule has 0 fully saturated rings. The molecule has 0 bridgehead atoms. The van der Waals surface area contributed by atoms with Crippen LogP contribution in [0.25, 0.3) is 16.6 Å². The Morgan fingerprint density at radius 1 is 1.12 bits per heavy atom. The van der Waals surface area contributed by atoms with Gasteiger partial charge in [-0.2, -0.15) is 0 Å². The molecular formula is C19H20N2O3. The highest BCUT2D eigenvalue weighted by molar-refractivity contribution is 5.90. The molecule has 1 heterocycles. The van der Waals surface area contributed by atoms with Crippen molar-refractivity contribution in [2.45, 2.75) is 19.8 Å². The van der Waals surface area contributed by atoms with E-state index in [0.29, 0.717) is 18.1 Å². The predicted molar refractivity (Wildman–Crippen MR) is 92.8 cm³/mol. The first kappa shape index (κ1) is 16.1. The van der Waals surface area contributed by atoms with Gasteiger partial charge < -0.3 is 9.47 Å².